The lowest BCUT2D eigenvalue weighted by Gasteiger charge is -2.28. The van der Waals surface area contributed by atoms with Crippen LogP contribution in [0.15, 0.2) is 24.3 Å². The van der Waals surface area contributed by atoms with E-state index in [4.69, 9.17) is 0 Å². The summed E-state index contributed by atoms with van der Waals surface area (Å²) in [6.45, 7) is 3.34. The Labute approximate surface area is 117 Å². The summed E-state index contributed by atoms with van der Waals surface area (Å²) >= 11 is 0. The number of hydrogen-bond donors (Lipinski definition) is 2. The first-order valence-corrected chi connectivity index (χ1v) is 6.82. The van der Waals surface area contributed by atoms with Crippen molar-refractivity contribution < 1.29 is 9.72 Å². The van der Waals surface area contributed by atoms with Gasteiger partial charge in [-0.25, -0.2) is 0 Å². The van der Waals surface area contributed by atoms with Crippen LogP contribution >= 0.6 is 0 Å². The third-order valence-corrected chi connectivity index (χ3v) is 3.67. The minimum absolute atomic E-state index is 0.00412. The molecule has 1 heterocycles. The SMILES string of the molecule is CC1CCCNC1C(=O)NCc1ccc([N+](=O)[O-])cc1. The molecule has 0 aliphatic carbocycles. The number of nitrogens with zero attached hydrogens (tertiary/aromatic N) is 1. The fraction of sp³-hybridized carbons (Fsp3) is 0.500. The number of nitrogens with one attached hydrogen (secondary N) is 2. The van der Waals surface area contributed by atoms with Crippen molar-refractivity contribution in [2.24, 2.45) is 5.92 Å². The van der Waals surface area contributed by atoms with Crippen molar-refractivity contribution in [3.05, 3.63) is 39.9 Å². The molecule has 0 spiro atoms. The molecule has 1 aromatic rings. The second kappa shape index (κ2) is 6.47. The van der Waals surface area contributed by atoms with Crippen LogP contribution in [0.25, 0.3) is 0 Å². The Hall–Kier alpha value is -1.95. The maximum Gasteiger partial charge on any atom is 0.269 e. The number of hydrogen-bond acceptors (Lipinski definition) is 4. The first-order valence-electron chi connectivity index (χ1n) is 6.82. The molecule has 1 aromatic carbocycles. The minimum atomic E-state index is -0.435. The highest BCUT2D eigenvalue weighted by Gasteiger charge is 2.26. The largest absolute Gasteiger partial charge is 0.351 e. The molecule has 6 heteroatoms. The van der Waals surface area contributed by atoms with Crippen LogP contribution in [0.5, 0.6) is 0 Å². The van der Waals surface area contributed by atoms with Gasteiger partial charge in [-0.05, 0) is 30.9 Å². The van der Waals surface area contributed by atoms with Crippen molar-refractivity contribution >= 4 is 11.6 Å². The Bertz CT molecular complexity index is 487. The van der Waals surface area contributed by atoms with Gasteiger partial charge >= 0.3 is 0 Å². The van der Waals surface area contributed by atoms with Gasteiger partial charge in [-0.2, -0.15) is 0 Å². The molecule has 1 amide bonds. The molecule has 2 N–H and O–H groups in total. The zero-order chi connectivity index (χ0) is 14.5. The lowest BCUT2D eigenvalue weighted by molar-refractivity contribution is -0.384. The number of carbonyl (C=O) groups excluding carboxylic acids is 1. The second-order valence-electron chi connectivity index (χ2n) is 5.19. The van der Waals surface area contributed by atoms with E-state index >= 15 is 0 Å². The van der Waals surface area contributed by atoms with Crippen LogP contribution in [0.4, 0.5) is 5.69 Å². The molecule has 1 fully saturated rings. The Kier molecular flexibility index (Phi) is 4.68. The first kappa shape index (κ1) is 14.5. The Morgan fingerprint density at radius 2 is 2.15 bits per heavy atom. The van der Waals surface area contributed by atoms with E-state index in [1.807, 2.05) is 0 Å². The van der Waals surface area contributed by atoms with Crippen molar-refractivity contribution in [1.29, 1.82) is 0 Å². The van der Waals surface area contributed by atoms with E-state index in [9.17, 15) is 14.9 Å². The molecule has 108 valence electrons. The van der Waals surface area contributed by atoms with Crippen LogP contribution in [0.3, 0.4) is 0 Å². The van der Waals surface area contributed by atoms with Gasteiger partial charge in [0, 0.05) is 18.7 Å². The molecule has 2 rings (SSSR count). The van der Waals surface area contributed by atoms with E-state index in [2.05, 4.69) is 17.6 Å². The Morgan fingerprint density at radius 3 is 2.75 bits per heavy atom. The van der Waals surface area contributed by atoms with Crippen molar-refractivity contribution in [2.75, 3.05) is 6.54 Å². The Balaban J connectivity index is 1.88. The molecule has 0 aromatic heterocycles. The standard InChI is InChI=1S/C14H19N3O3/c1-10-3-2-8-15-13(10)14(18)16-9-11-4-6-12(7-5-11)17(19)20/h4-7,10,13,15H,2-3,8-9H2,1H3,(H,16,18). The molecule has 6 nitrogen and oxygen atoms in total. The molecule has 1 saturated heterocycles. The highest BCUT2D eigenvalue weighted by atomic mass is 16.6. The lowest BCUT2D eigenvalue weighted by atomic mass is 9.92. The van der Waals surface area contributed by atoms with Crippen molar-refractivity contribution in [3.63, 3.8) is 0 Å². The van der Waals surface area contributed by atoms with Crippen LogP contribution in [-0.2, 0) is 11.3 Å². The number of nitro groups is 1. The topological polar surface area (TPSA) is 84.3 Å². The van der Waals surface area contributed by atoms with E-state index < -0.39 is 4.92 Å². The highest BCUT2D eigenvalue weighted by Crippen LogP contribution is 2.16. The number of piperidine rings is 1. The number of rotatable bonds is 4. The van der Waals surface area contributed by atoms with E-state index in [-0.39, 0.29) is 17.6 Å². The molecule has 1 aliphatic rings. The van der Waals surface area contributed by atoms with Crippen molar-refractivity contribution in [3.8, 4) is 0 Å². The third kappa shape index (κ3) is 3.54. The molecule has 2 unspecified atom stereocenters. The van der Waals surface area contributed by atoms with E-state index in [0.29, 0.717) is 12.5 Å². The van der Waals surface area contributed by atoms with Gasteiger partial charge < -0.3 is 10.6 Å². The van der Waals surface area contributed by atoms with Crippen LogP contribution in [0.1, 0.15) is 25.3 Å². The summed E-state index contributed by atoms with van der Waals surface area (Å²) < 4.78 is 0. The van der Waals surface area contributed by atoms with Crippen LogP contribution in [-0.4, -0.2) is 23.4 Å². The summed E-state index contributed by atoms with van der Waals surface area (Å²) in [4.78, 5) is 22.2. The fourth-order valence-corrected chi connectivity index (χ4v) is 2.44. The lowest BCUT2D eigenvalue weighted by Crippen LogP contribution is -2.50. The maximum atomic E-state index is 12.1. The highest BCUT2D eigenvalue weighted by molar-refractivity contribution is 5.82. The fourth-order valence-electron chi connectivity index (χ4n) is 2.44. The van der Waals surface area contributed by atoms with Gasteiger partial charge in [-0.3, -0.25) is 14.9 Å². The van der Waals surface area contributed by atoms with Crippen LogP contribution in [0, 0.1) is 16.0 Å². The van der Waals surface area contributed by atoms with Gasteiger partial charge in [0.15, 0.2) is 0 Å². The van der Waals surface area contributed by atoms with E-state index in [0.717, 1.165) is 24.9 Å². The van der Waals surface area contributed by atoms with Gasteiger partial charge in [0.05, 0.1) is 11.0 Å². The average Bonchev–Trinajstić information content (AvgIpc) is 2.45. The minimum Gasteiger partial charge on any atom is -0.351 e. The number of benzene rings is 1. The molecular formula is C14H19N3O3. The first-order chi connectivity index (χ1) is 9.58. The predicted molar refractivity (Wildman–Crippen MR) is 75.1 cm³/mol. The van der Waals surface area contributed by atoms with Gasteiger partial charge in [-0.1, -0.05) is 19.1 Å². The summed E-state index contributed by atoms with van der Waals surface area (Å²) in [6.07, 6.45) is 2.16. The summed E-state index contributed by atoms with van der Waals surface area (Å²) in [5, 5.41) is 16.7. The zero-order valence-electron chi connectivity index (χ0n) is 11.5. The molecule has 1 aliphatic heterocycles. The quantitative estimate of drug-likeness (QED) is 0.646. The van der Waals surface area contributed by atoms with E-state index in [1.54, 1.807) is 12.1 Å². The van der Waals surface area contributed by atoms with Gasteiger partial charge in [0.1, 0.15) is 0 Å². The predicted octanol–water partition coefficient (Wildman–Crippen LogP) is 1.60. The summed E-state index contributed by atoms with van der Waals surface area (Å²) in [6, 6.07) is 6.08. The average molecular weight is 277 g/mol. The molecular weight excluding hydrogens is 258 g/mol. The molecule has 0 radical (unpaired) electrons. The monoisotopic (exact) mass is 277 g/mol. The molecule has 20 heavy (non-hydrogen) atoms. The normalized spacial score (nSPS) is 22.2. The maximum absolute atomic E-state index is 12.1. The second-order valence-corrected chi connectivity index (χ2v) is 5.19. The smallest absolute Gasteiger partial charge is 0.269 e. The van der Waals surface area contributed by atoms with Crippen molar-refractivity contribution in [2.45, 2.75) is 32.4 Å². The summed E-state index contributed by atoms with van der Waals surface area (Å²) in [7, 11) is 0. The van der Waals surface area contributed by atoms with Gasteiger partial charge in [0.25, 0.3) is 5.69 Å². The van der Waals surface area contributed by atoms with Gasteiger partial charge in [-0.15, -0.1) is 0 Å². The number of amides is 1. The molecule has 0 bridgehead atoms. The molecule has 0 saturated carbocycles. The van der Waals surface area contributed by atoms with Crippen LogP contribution in [0.2, 0.25) is 0 Å². The van der Waals surface area contributed by atoms with Gasteiger partial charge in [0.2, 0.25) is 5.91 Å². The van der Waals surface area contributed by atoms with Crippen LogP contribution < -0.4 is 10.6 Å². The number of nitro benzene ring substituents is 1. The third-order valence-electron chi connectivity index (χ3n) is 3.67. The number of carbonyl (C=O) groups is 1. The zero-order valence-corrected chi connectivity index (χ0v) is 11.5. The Morgan fingerprint density at radius 1 is 1.45 bits per heavy atom. The number of non-ortho nitro benzene ring substituents is 1. The summed E-state index contributed by atoms with van der Waals surface area (Å²) in [5.41, 5.74) is 0.912. The van der Waals surface area contributed by atoms with E-state index in [1.165, 1.54) is 12.1 Å². The molecule has 2 atom stereocenters. The summed E-state index contributed by atoms with van der Waals surface area (Å²) in [5.74, 6) is 0.330. The van der Waals surface area contributed by atoms with Crippen molar-refractivity contribution in [1.82, 2.24) is 10.6 Å².